The Morgan fingerprint density at radius 1 is 1.00 bits per heavy atom. The Morgan fingerprint density at radius 3 is 2.44 bits per heavy atom. The molecule has 34 heavy (non-hydrogen) atoms. The molecule has 1 amide bonds. The maximum atomic E-state index is 13.1. The number of rotatable bonds is 8. The van der Waals surface area contributed by atoms with Gasteiger partial charge in [-0.25, -0.2) is 8.42 Å². The largest absolute Gasteiger partial charge is 0.350 e. The van der Waals surface area contributed by atoms with Crippen molar-refractivity contribution < 1.29 is 13.2 Å². The molecule has 1 aliphatic rings. The first-order valence-electron chi connectivity index (χ1n) is 11.3. The molecule has 1 heterocycles. The van der Waals surface area contributed by atoms with Crippen LogP contribution in [0.4, 0.5) is 5.69 Å². The fraction of sp³-hybridized carbons (Fsp3) is 0.269. The van der Waals surface area contributed by atoms with Crippen molar-refractivity contribution in [2.45, 2.75) is 30.7 Å². The summed E-state index contributed by atoms with van der Waals surface area (Å²) in [6.45, 7) is 4.24. The van der Waals surface area contributed by atoms with E-state index in [4.69, 9.17) is 11.6 Å². The lowest BCUT2D eigenvalue weighted by atomic mass is 10.1. The quantitative estimate of drug-likeness (QED) is 0.458. The van der Waals surface area contributed by atoms with Crippen LogP contribution in [0.15, 0.2) is 77.7 Å². The Morgan fingerprint density at radius 2 is 1.74 bits per heavy atom. The van der Waals surface area contributed by atoms with Crippen molar-refractivity contribution in [2.75, 3.05) is 24.4 Å². The fourth-order valence-electron chi connectivity index (χ4n) is 4.24. The van der Waals surface area contributed by atoms with Crippen LogP contribution in [0.25, 0.3) is 0 Å². The highest BCUT2D eigenvalue weighted by molar-refractivity contribution is 7.92. The van der Waals surface area contributed by atoms with Crippen molar-refractivity contribution in [1.82, 2.24) is 10.2 Å². The van der Waals surface area contributed by atoms with E-state index in [1.165, 1.54) is 18.2 Å². The van der Waals surface area contributed by atoms with E-state index in [-0.39, 0.29) is 21.5 Å². The zero-order valence-corrected chi connectivity index (χ0v) is 20.6. The van der Waals surface area contributed by atoms with Gasteiger partial charge in [0.25, 0.3) is 15.9 Å². The molecule has 6 nitrogen and oxygen atoms in total. The summed E-state index contributed by atoms with van der Waals surface area (Å²) in [5.74, 6) is -0.405. The van der Waals surface area contributed by atoms with E-state index in [2.05, 4.69) is 27.1 Å². The first-order valence-corrected chi connectivity index (χ1v) is 13.2. The second-order valence-corrected chi connectivity index (χ2v) is 10.6. The minimum Gasteiger partial charge on any atom is -0.350 e. The summed E-state index contributed by atoms with van der Waals surface area (Å²) in [4.78, 5) is 15.4. The van der Waals surface area contributed by atoms with E-state index in [0.29, 0.717) is 12.2 Å². The molecule has 0 saturated carbocycles. The van der Waals surface area contributed by atoms with Gasteiger partial charge in [-0.1, -0.05) is 54.1 Å². The number of hydrogen-bond donors (Lipinski definition) is 2. The van der Waals surface area contributed by atoms with E-state index in [0.717, 1.165) is 37.1 Å². The maximum Gasteiger partial charge on any atom is 0.261 e. The van der Waals surface area contributed by atoms with E-state index in [1.54, 1.807) is 18.2 Å². The lowest BCUT2D eigenvalue weighted by Crippen LogP contribution is -2.37. The summed E-state index contributed by atoms with van der Waals surface area (Å²) < 4.78 is 28.4. The van der Waals surface area contributed by atoms with Crippen molar-refractivity contribution in [1.29, 1.82) is 0 Å². The highest BCUT2D eigenvalue weighted by atomic mass is 35.5. The molecule has 1 unspecified atom stereocenters. The highest BCUT2D eigenvalue weighted by Crippen LogP contribution is 2.26. The number of aryl methyl sites for hydroxylation is 1. The fourth-order valence-corrected chi connectivity index (χ4v) is 5.52. The Kier molecular flexibility index (Phi) is 7.56. The van der Waals surface area contributed by atoms with Gasteiger partial charge < -0.3 is 5.32 Å². The third-order valence-electron chi connectivity index (χ3n) is 5.98. The number of halogens is 1. The molecule has 0 radical (unpaired) electrons. The SMILES string of the molecule is Cc1cccc(NS(=O)(=O)c2ccc(Cl)c(C(=O)NCC(c3ccccc3)N3CCCC3)c2)c1. The van der Waals surface area contributed by atoms with Crippen molar-refractivity contribution >= 4 is 33.2 Å². The Hall–Kier alpha value is -2.87. The third-order valence-corrected chi connectivity index (χ3v) is 7.69. The third kappa shape index (κ3) is 5.78. The molecule has 3 aromatic carbocycles. The minimum absolute atomic E-state index is 0.0253. The highest BCUT2D eigenvalue weighted by Gasteiger charge is 2.25. The monoisotopic (exact) mass is 497 g/mol. The summed E-state index contributed by atoms with van der Waals surface area (Å²) in [7, 11) is -3.89. The van der Waals surface area contributed by atoms with Crippen LogP contribution in [-0.2, 0) is 10.0 Å². The van der Waals surface area contributed by atoms with Crippen LogP contribution in [0.5, 0.6) is 0 Å². The molecule has 3 aromatic rings. The molecule has 0 aromatic heterocycles. The Labute approximate surface area is 206 Å². The second-order valence-electron chi connectivity index (χ2n) is 8.50. The first-order chi connectivity index (χ1) is 16.3. The van der Waals surface area contributed by atoms with Crippen LogP contribution in [0.3, 0.4) is 0 Å². The summed E-state index contributed by atoms with van der Waals surface area (Å²) >= 11 is 6.30. The molecule has 1 aliphatic heterocycles. The summed E-state index contributed by atoms with van der Waals surface area (Å²) in [5.41, 5.74) is 2.65. The van der Waals surface area contributed by atoms with Crippen LogP contribution >= 0.6 is 11.6 Å². The summed E-state index contributed by atoms with van der Waals surface area (Å²) in [5, 5.41) is 3.17. The van der Waals surface area contributed by atoms with Crippen LogP contribution in [0, 0.1) is 6.92 Å². The van der Waals surface area contributed by atoms with Gasteiger partial charge in [0.2, 0.25) is 0 Å². The molecule has 0 bridgehead atoms. The van der Waals surface area contributed by atoms with Gasteiger partial charge in [0.1, 0.15) is 0 Å². The molecule has 1 fully saturated rings. The zero-order chi connectivity index (χ0) is 24.1. The van der Waals surface area contributed by atoms with Gasteiger partial charge in [-0.3, -0.25) is 14.4 Å². The smallest absolute Gasteiger partial charge is 0.261 e. The van der Waals surface area contributed by atoms with Crippen LogP contribution in [-0.4, -0.2) is 38.9 Å². The van der Waals surface area contributed by atoms with Gasteiger partial charge in [-0.2, -0.15) is 0 Å². The predicted molar refractivity (Wildman–Crippen MR) is 136 cm³/mol. The molecular weight excluding hydrogens is 470 g/mol. The minimum atomic E-state index is -3.89. The van der Waals surface area contributed by atoms with Crippen molar-refractivity contribution in [2.24, 2.45) is 0 Å². The molecule has 1 atom stereocenters. The number of carbonyl (C=O) groups excluding carboxylic acids is 1. The van der Waals surface area contributed by atoms with Crippen molar-refractivity contribution in [3.05, 3.63) is 94.5 Å². The van der Waals surface area contributed by atoms with Gasteiger partial charge in [0.05, 0.1) is 21.5 Å². The van der Waals surface area contributed by atoms with E-state index in [1.807, 2.05) is 31.2 Å². The molecule has 2 N–H and O–H groups in total. The number of nitrogens with zero attached hydrogens (tertiary/aromatic N) is 1. The number of carbonyl (C=O) groups is 1. The molecule has 1 saturated heterocycles. The molecular formula is C26H28ClN3O3S. The van der Waals surface area contributed by atoms with E-state index >= 15 is 0 Å². The van der Waals surface area contributed by atoms with Crippen molar-refractivity contribution in [3.8, 4) is 0 Å². The number of hydrogen-bond acceptors (Lipinski definition) is 4. The average Bonchev–Trinajstić information content (AvgIpc) is 3.34. The number of amides is 1. The predicted octanol–water partition coefficient (Wildman–Crippen LogP) is 5.02. The average molecular weight is 498 g/mol. The lowest BCUT2D eigenvalue weighted by molar-refractivity contribution is 0.0938. The molecule has 0 spiro atoms. The van der Waals surface area contributed by atoms with E-state index < -0.39 is 15.9 Å². The van der Waals surface area contributed by atoms with Gasteiger partial charge >= 0.3 is 0 Å². The molecule has 4 rings (SSSR count). The molecule has 0 aliphatic carbocycles. The zero-order valence-electron chi connectivity index (χ0n) is 19.0. The van der Waals surface area contributed by atoms with Crippen LogP contribution in [0.1, 0.15) is 40.4 Å². The first kappa shape index (κ1) is 24.3. The number of likely N-dealkylation sites (tertiary alicyclic amines) is 1. The number of benzene rings is 3. The summed E-state index contributed by atoms with van der Waals surface area (Å²) in [6.07, 6.45) is 2.27. The normalized spacial score (nSPS) is 15.1. The van der Waals surface area contributed by atoms with Gasteiger partial charge in [0.15, 0.2) is 0 Å². The van der Waals surface area contributed by atoms with Crippen LogP contribution < -0.4 is 10.0 Å². The van der Waals surface area contributed by atoms with Gasteiger partial charge in [-0.05, 0) is 74.3 Å². The molecule has 8 heteroatoms. The standard InChI is InChI=1S/C26H28ClN3O3S/c1-19-8-7-11-21(16-19)29-34(32,33)22-12-13-24(27)23(17-22)26(31)28-18-25(30-14-5-6-15-30)20-9-3-2-4-10-20/h2-4,7-13,16-17,25,29H,5-6,14-15,18H2,1H3,(H,28,31). The van der Waals surface area contributed by atoms with Crippen LogP contribution in [0.2, 0.25) is 5.02 Å². The summed E-state index contributed by atoms with van der Waals surface area (Å²) in [6, 6.07) is 21.4. The second kappa shape index (κ2) is 10.6. The van der Waals surface area contributed by atoms with E-state index in [9.17, 15) is 13.2 Å². The molecule has 178 valence electrons. The Bertz CT molecular complexity index is 1260. The maximum absolute atomic E-state index is 13.1. The number of anilines is 1. The topological polar surface area (TPSA) is 78.5 Å². The number of nitrogens with one attached hydrogen (secondary N) is 2. The van der Waals surface area contributed by atoms with Crippen molar-refractivity contribution in [3.63, 3.8) is 0 Å². The van der Waals surface area contributed by atoms with Gasteiger partial charge in [0, 0.05) is 12.2 Å². The lowest BCUT2D eigenvalue weighted by Gasteiger charge is -2.28. The Balaban J connectivity index is 1.52. The number of sulfonamides is 1. The van der Waals surface area contributed by atoms with Gasteiger partial charge in [-0.15, -0.1) is 0 Å².